The molecule has 1 aromatic rings. The second-order valence-corrected chi connectivity index (χ2v) is 7.23. The molecule has 1 aliphatic heterocycles. The molecule has 3 rings (SSSR count). The molecule has 1 aliphatic carbocycles. The van der Waals surface area contributed by atoms with Crippen molar-refractivity contribution in [3.8, 4) is 11.5 Å². The largest absolute Gasteiger partial charge is 0.493 e. The van der Waals surface area contributed by atoms with E-state index in [1.807, 2.05) is 0 Å². The maximum absolute atomic E-state index is 11.5. The molecule has 14 nitrogen and oxygen atoms in total. The molecule has 1 saturated heterocycles. The Bertz CT molecular complexity index is 867. The molecule has 2 fully saturated rings. The molecule has 168 valence electrons. The Labute approximate surface area is 167 Å². The minimum absolute atomic E-state index is 0.195. The SMILES string of the molecule is COc1ccc(C2(O)CC(=O)NC2(O)O)cc1OC1C(O)C(O)(O)C(O)(O)C1(O)O. The highest BCUT2D eigenvalue weighted by atomic mass is 16.7. The number of hydrogen-bond acceptors (Lipinski definition) is 13. The Balaban J connectivity index is 2.05. The number of aliphatic hydroxyl groups excluding tert-OH is 1. The minimum Gasteiger partial charge on any atom is -0.493 e. The van der Waals surface area contributed by atoms with Crippen LogP contribution in [0.2, 0.25) is 0 Å². The number of ether oxygens (including phenoxy) is 2. The van der Waals surface area contributed by atoms with Gasteiger partial charge in [-0.1, -0.05) is 6.07 Å². The molecular formula is C16H21NO13. The first-order valence-electron chi connectivity index (χ1n) is 8.38. The fraction of sp³-hybridized carbons (Fsp3) is 0.562. The van der Waals surface area contributed by atoms with Crippen LogP contribution in [-0.2, 0) is 10.4 Å². The zero-order chi connectivity index (χ0) is 22.9. The van der Waals surface area contributed by atoms with Crippen LogP contribution >= 0.6 is 0 Å². The first-order valence-corrected chi connectivity index (χ1v) is 8.38. The van der Waals surface area contributed by atoms with Crippen LogP contribution in [0, 0.1) is 0 Å². The molecule has 1 heterocycles. The van der Waals surface area contributed by atoms with Crippen molar-refractivity contribution >= 4 is 5.91 Å². The van der Waals surface area contributed by atoms with E-state index in [2.05, 4.69) is 0 Å². The lowest BCUT2D eigenvalue weighted by Gasteiger charge is -2.35. The van der Waals surface area contributed by atoms with Gasteiger partial charge in [0.15, 0.2) is 29.3 Å². The van der Waals surface area contributed by atoms with Crippen LogP contribution in [0.25, 0.3) is 0 Å². The summed E-state index contributed by atoms with van der Waals surface area (Å²) in [7, 11) is 1.14. The fourth-order valence-electron chi connectivity index (χ4n) is 3.42. The van der Waals surface area contributed by atoms with Gasteiger partial charge >= 0.3 is 0 Å². The standard InChI is InChI=1S/C16H21NO13/c1-29-7-3-2-6(12(20)5-9(18)17-16(12,27)28)4-8(7)30-11-10(19)13(21,22)15(25,26)14(11,23)24/h2-4,10-11,19-28H,5H2,1H3,(H,17,18). The topological polar surface area (TPSA) is 250 Å². The summed E-state index contributed by atoms with van der Waals surface area (Å²) in [5.41, 5.74) is -2.93. The quantitative estimate of drug-likeness (QED) is 0.197. The van der Waals surface area contributed by atoms with Gasteiger partial charge in [0.1, 0.15) is 0 Å². The van der Waals surface area contributed by atoms with Crippen LogP contribution in [0.3, 0.4) is 0 Å². The molecule has 1 saturated carbocycles. The number of methoxy groups -OCH3 is 1. The normalized spacial score (nSPS) is 33.2. The molecule has 14 heteroatoms. The molecule has 30 heavy (non-hydrogen) atoms. The van der Waals surface area contributed by atoms with Crippen molar-refractivity contribution < 1.29 is 65.3 Å². The number of hydrogen-bond donors (Lipinski definition) is 11. The molecule has 0 aromatic heterocycles. The van der Waals surface area contributed by atoms with E-state index < -0.39 is 59.2 Å². The third-order valence-corrected chi connectivity index (χ3v) is 5.32. The van der Waals surface area contributed by atoms with Gasteiger partial charge in [-0.05, 0) is 17.7 Å². The lowest BCUT2D eigenvalue weighted by Crippen LogP contribution is -2.65. The van der Waals surface area contributed by atoms with E-state index in [1.165, 1.54) is 0 Å². The fourth-order valence-corrected chi connectivity index (χ4v) is 3.42. The van der Waals surface area contributed by atoms with Crippen molar-refractivity contribution in [2.45, 2.75) is 47.5 Å². The van der Waals surface area contributed by atoms with Gasteiger partial charge in [-0.2, -0.15) is 0 Å². The molecule has 1 aromatic carbocycles. The van der Waals surface area contributed by atoms with Gasteiger partial charge in [0, 0.05) is 0 Å². The Morgan fingerprint density at radius 3 is 2.00 bits per heavy atom. The second kappa shape index (κ2) is 6.44. The molecule has 1 amide bonds. The number of aliphatic hydroxyl groups is 10. The van der Waals surface area contributed by atoms with Crippen molar-refractivity contribution in [2.24, 2.45) is 0 Å². The number of nitrogens with one attached hydrogen (secondary N) is 1. The van der Waals surface area contributed by atoms with E-state index >= 15 is 0 Å². The lowest BCUT2D eigenvalue weighted by atomic mass is 9.89. The van der Waals surface area contributed by atoms with Crippen LogP contribution in [-0.4, -0.2) is 99.6 Å². The zero-order valence-electron chi connectivity index (χ0n) is 15.3. The average molecular weight is 435 g/mol. The highest BCUT2D eigenvalue weighted by molar-refractivity contribution is 5.81. The number of rotatable bonds is 4. The molecule has 0 spiro atoms. The molecule has 3 unspecified atom stereocenters. The van der Waals surface area contributed by atoms with Gasteiger partial charge < -0.3 is 65.9 Å². The molecule has 3 atom stereocenters. The maximum Gasteiger partial charge on any atom is 0.281 e. The van der Waals surface area contributed by atoms with Crippen LogP contribution in [0.1, 0.15) is 12.0 Å². The summed E-state index contributed by atoms with van der Waals surface area (Å²) in [5.74, 6) is -16.4. The van der Waals surface area contributed by atoms with Gasteiger partial charge in [-0.3, -0.25) is 4.79 Å². The van der Waals surface area contributed by atoms with Gasteiger partial charge in [0.25, 0.3) is 23.3 Å². The van der Waals surface area contributed by atoms with Crippen molar-refractivity contribution in [1.82, 2.24) is 5.32 Å². The van der Waals surface area contributed by atoms with Crippen molar-refractivity contribution in [3.05, 3.63) is 23.8 Å². The average Bonchev–Trinajstić information content (AvgIpc) is 2.89. The highest BCUT2D eigenvalue weighted by Crippen LogP contribution is 2.46. The first-order chi connectivity index (χ1) is 13.5. The van der Waals surface area contributed by atoms with Crippen LogP contribution in [0.4, 0.5) is 0 Å². The van der Waals surface area contributed by atoms with Gasteiger partial charge in [0.05, 0.1) is 13.5 Å². The van der Waals surface area contributed by atoms with Gasteiger partial charge in [0.2, 0.25) is 5.91 Å². The van der Waals surface area contributed by atoms with E-state index in [1.54, 1.807) is 5.32 Å². The Morgan fingerprint density at radius 1 is 0.967 bits per heavy atom. The van der Waals surface area contributed by atoms with E-state index in [-0.39, 0.29) is 11.3 Å². The van der Waals surface area contributed by atoms with Crippen LogP contribution in [0.5, 0.6) is 11.5 Å². The predicted octanol–water partition coefficient (Wildman–Crippen LogP) is -5.79. The van der Waals surface area contributed by atoms with Crippen LogP contribution in [0.15, 0.2) is 18.2 Å². The number of benzene rings is 1. The minimum atomic E-state index is -4.06. The maximum atomic E-state index is 11.5. The zero-order valence-corrected chi connectivity index (χ0v) is 15.3. The van der Waals surface area contributed by atoms with E-state index in [0.717, 1.165) is 25.3 Å². The van der Waals surface area contributed by atoms with Gasteiger partial charge in [-0.15, -0.1) is 0 Å². The van der Waals surface area contributed by atoms with Crippen molar-refractivity contribution in [1.29, 1.82) is 0 Å². The third-order valence-electron chi connectivity index (χ3n) is 5.32. The molecular weight excluding hydrogens is 414 g/mol. The molecule has 0 radical (unpaired) electrons. The summed E-state index contributed by atoms with van der Waals surface area (Å²) in [6, 6.07) is 3.10. The summed E-state index contributed by atoms with van der Waals surface area (Å²) in [5, 5.41) is 101. The summed E-state index contributed by atoms with van der Waals surface area (Å²) in [6.07, 6.45) is -5.95. The summed E-state index contributed by atoms with van der Waals surface area (Å²) in [6.45, 7) is 0. The number of carbonyl (C=O) groups is 1. The number of carbonyl (C=O) groups excluding carboxylic acids is 1. The smallest absolute Gasteiger partial charge is 0.281 e. The number of amides is 1. The monoisotopic (exact) mass is 435 g/mol. The van der Waals surface area contributed by atoms with E-state index in [0.29, 0.717) is 0 Å². The van der Waals surface area contributed by atoms with Crippen molar-refractivity contribution in [2.75, 3.05) is 7.11 Å². The first kappa shape index (κ1) is 22.6. The summed E-state index contributed by atoms with van der Waals surface area (Å²) in [4.78, 5) is 11.5. The summed E-state index contributed by atoms with van der Waals surface area (Å²) >= 11 is 0. The molecule has 0 bridgehead atoms. The Hall–Kier alpha value is -2.11. The lowest BCUT2D eigenvalue weighted by molar-refractivity contribution is -0.430. The predicted molar refractivity (Wildman–Crippen MR) is 88.7 cm³/mol. The van der Waals surface area contributed by atoms with E-state index in [4.69, 9.17) is 9.47 Å². The van der Waals surface area contributed by atoms with Gasteiger partial charge in [-0.25, -0.2) is 0 Å². The summed E-state index contributed by atoms with van der Waals surface area (Å²) < 4.78 is 10.1. The second-order valence-electron chi connectivity index (χ2n) is 7.23. The molecule has 11 N–H and O–H groups in total. The van der Waals surface area contributed by atoms with E-state index in [9.17, 15) is 55.9 Å². The Kier molecular flexibility index (Phi) is 4.85. The third kappa shape index (κ3) is 2.78. The highest BCUT2D eigenvalue weighted by Gasteiger charge is 2.78. The van der Waals surface area contributed by atoms with Crippen molar-refractivity contribution in [3.63, 3.8) is 0 Å². The molecule has 2 aliphatic rings. The Morgan fingerprint density at radius 2 is 1.57 bits per heavy atom. The van der Waals surface area contributed by atoms with Crippen LogP contribution < -0.4 is 14.8 Å².